The van der Waals surface area contributed by atoms with Crippen LogP contribution in [-0.4, -0.2) is 25.5 Å². The summed E-state index contributed by atoms with van der Waals surface area (Å²) in [5, 5.41) is 11.6. The van der Waals surface area contributed by atoms with E-state index < -0.39 is 17.8 Å². The second-order valence-corrected chi connectivity index (χ2v) is 8.79. The summed E-state index contributed by atoms with van der Waals surface area (Å²) >= 11 is 12.0. The lowest BCUT2D eigenvalue weighted by atomic mass is 10.1. The molecule has 1 fully saturated rings. The van der Waals surface area contributed by atoms with E-state index in [0.717, 1.165) is 24.5 Å². The van der Waals surface area contributed by atoms with E-state index >= 15 is 0 Å². The van der Waals surface area contributed by atoms with Crippen LogP contribution in [0.15, 0.2) is 36.7 Å². The van der Waals surface area contributed by atoms with E-state index in [4.69, 9.17) is 23.2 Å². The molecule has 0 radical (unpaired) electrons. The summed E-state index contributed by atoms with van der Waals surface area (Å²) < 4.78 is 42.2. The molecule has 6 nitrogen and oxygen atoms in total. The van der Waals surface area contributed by atoms with Gasteiger partial charge in [-0.25, -0.2) is 0 Å². The summed E-state index contributed by atoms with van der Waals surface area (Å²) in [6.07, 6.45) is 0.332. The van der Waals surface area contributed by atoms with Gasteiger partial charge in [0.05, 0.1) is 40.9 Å². The normalized spacial score (nSPS) is 15.1. The van der Waals surface area contributed by atoms with Gasteiger partial charge in [0.2, 0.25) is 5.91 Å². The van der Waals surface area contributed by atoms with Gasteiger partial charge in [0.1, 0.15) is 0 Å². The monoisotopic (exact) mass is 485 g/mol. The van der Waals surface area contributed by atoms with E-state index in [2.05, 4.69) is 15.5 Å². The number of amides is 1. The van der Waals surface area contributed by atoms with Gasteiger partial charge in [-0.05, 0) is 36.6 Å². The van der Waals surface area contributed by atoms with Crippen molar-refractivity contribution in [3.63, 3.8) is 0 Å². The minimum absolute atomic E-state index is 0.0607. The van der Waals surface area contributed by atoms with Crippen LogP contribution in [0.25, 0.3) is 0 Å². The third-order valence-corrected chi connectivity index (χ3v) is 5.96. The molecule has 3 aromatic rings. The Morgan fingerprint density at radius 3 is 2.66 bits per heavy atom. The van der Waals surface area contributed by atoms with Crippen LogP contribution in [0.4, 0.5) is 18.9 Å². The molecule has 1 aliphatic rings. The van der Waals surface area contributed by atoms with Gasteiger partial charge in [-0.15, -0.1) is 0 Å². The zero-order valence-corrected chi connectivity index (χ0v) is 18.5. The van der Waals surface area contributed by atoms with E-state index in [1.54, 1.807) is 29.9 Å². The number of carbonyl (C=O) groups is 1. The molecular weight excluding hydrogens is 466 g/mol. The topological polar surface area (TPSA) is 64.7 Å². The number of anilines is 1. The van der Waals surface area contributed by atoms with Gasteiger partial charge in [-0.1, -0.05) is 36.2 Å². The van der Waals surface area contributed by atoms with Crippen molar-refractivity contribution in [2.75, 3.05) is 5.32 Å². The Kier molecular flexibility index (Phi) is 6.22. The van der Waals surface area contributed by atoms with Crippen LogP contribution in [0.5, 0.6) is 0 Å². The van der Waals surface area contributed by atoms with Gasteiger partial charge in [-0.2, -0.15) is 23.4 Å². The van der Waals surface area contributed by atoms with E-state index in [0.29, 0.717) is 28.0 Å². The molecule has 32 heavy (non-hydrogen) atoms. The van der Waals surface area contributed by atoms with Gasteiger partial charge in [0.15, 0.2) is 5.69 Å². The summed E-state index contributed by atoms with van der Waals surface area (Å²) in [5.74, 6) is -0.842. The molecule has 11 heteroatoms. The van der Waals surface area contributed by atoms with Crippen molar-refractivity contribution >= 4 is 34.8 Å². The van der Waals surface area contributed by atoms with Crippen molar-refractivity contribution in [3.05, 3.63) is 63.7 Å². The lowest BCUT2D eigenvalue weighted by molar-refractivity contribution is -0.141. The number of halogens is 5. The van der Waals surface area contributed by atoms with Gasteiger partial charge in [-0.3, -0.25) is 14.2 Å². The zero-order chi connectivity index (χ0) is 23.0. The Balaban J connectivity index is 1.39. The van der Waals surface area contributed by atoms with Crippen molar-refractivity contribution < 1.29 is 18.0 Å². The first kappa shape index (κ1) is 22.7. The standard InChI is InChI=1S/C21H20Cl2F3N5O/c1-12(9-31-18(14-3-4-14)7-19(29-31)21(24,25)26)20(32)28-15-8-27-30(11-15)10-13-2-5-16(22)17(23)6-13/h2,5-8,11-12,14H,3-4,9-10H2,1H3,(H,28,32). The smallest absolute Gasteiger partial charge is 0.323 e. The summed E-state index contributed by atoms with van der Waals surface area (Å²) in [6, 6.07) is 6.35. The lowest BCUT2D eigenvalue weighted by Crippen LogP contribution is -2.25. The average Bonchev–Trinajstić information content (AvgIpc) is 3.32. The van der Waals surface area contributed by atoms with Gasteiger partial charge in [0, 0.05) is 17.8 Å². The van der Waals surface area contributed by atoms with Crippen LogP contribution in [0.2, 0.25) is 10.0 Å². The highest BCUT2D eigenvalue weighted by molar-refractivity contribution is 6.42. The van der Waals surface area contributed by atoms with Crippen LogP contribution in [-0.2, 0) is 24.1 Å². The number of benzene rings is 1. The van der Waals surface area contributed by atoms with Crippen LogP contribution in [0.3, 0.4) is 0 Å². The predicted octanol–water partition coefficient (Wildman–Crippen LogP) is 5.61. The molecule has 1 atom stereocenters. The van der Waals surface area contributed by atoms with Crippen molar-refractivity contribution in [2.45, 2.75) is 44.9 Å². The molecule has 0 aliphatic heterocycles. The molecule has 2 aromatic heterocycles. The molecule has 1 aromatic carbocycles. The largest absolute Gasteiger partial charge is 0.435 e. The minimum atomic E-state index is -4.51. The fraction of sp³-hybridized carbons (Fsp3) is 0.381. The molecule has 0 bridgehead atoms. The van der Waals surface area contributed by atoms with Gasteiger partial charge in [0.25, 0.3) is 0 Å². The van der Waals surface area contributed by atoms with Crippen molar-refractivity contribution in [3.8, 4) is 0 Å². The first-order chi connectivity index (χ1) is 15.1. The maximum atomic E-state index is 13.1. The van der Waals surface area contributed by atoms with Crippen molar-refractivity contribution in [1.82, 2.24) is 19.6 Å². The first-order valence-corrected chi connectivity index (χ1v) is 10.8. The highest BCUT2D eigenvalue weighted by Crippen LogP contribution is 2.42. The quantitative estimate of drug-likeness (QED) is 0.473. The second kappa shape index (κ2) is 8.78. The van der Waals surface area contributed by atoms with Crippen molar-refractivity contribution in [1.29, 1.82) is 0 Å². The minimum Gasteiger partial charge on any atom is -0.323 e. The Bertz CT molecular complexity index is 1140. The molecule has 1 aliphatic carbocycles. The number of alkyl halides is 3. The molecule has 1 N–H and O–H groups in total. The fourth-order valence-corrected chi connectivity index (χ4v) is 3.69. The van der Waals surface area contributed by atoms with E-state index in [1.165, 1.54) is 10.9 Å². The zero-order valence-electron chi connectivity index (χ0n) is 17.0. The Morgan fingerprint density at radius 1 is 1.25 bits per heavy atom. The maximum absolute atomic E-state index is 13.1. The van der Waals surface area contributed by atoms with Crippen molar-refractivity contribution in [2.24, 2.45) is 5.92 Å². The SMILES string of the molecule is CC(Cn1nc(C(F)(F)F)cc1C1CC1)C(=O)Nc1cnn(Cc2ccc(Cl)c(Cl)c2)c1. The van der Waals surface area contributed by atoms with E-state index in [1.807, 2.05) is 6.07 Å². The van der Waals surface area contributed by atoms with E-state index in [9.17, 15) is 18.0 Å². The number of nitrogens with zero attached hydrogens (tertiary/aromatic N) is 4. The van der Waals surface area contributed by atoms with Crippen LogP contribution < -0.4 is 5.32 Å². The number of aromatic nitrogens is 4. The molecule has 0 saturated heterocycles. The first-order valence-electron chi connectivity index (χ1n) is 10.0. The molecule has 4 rings (SSSR count). The van der Waals surface area contributed by atoms with Gasteiger partial charge < -0.3 is 5.32 Å². The number of hydrogen-bond acceptors (Lipinski definition) is 3. The second-order valence-electron chi connectivity index (χ2n) is 7.97. The Morgan fingerprint density at radius 2 is 2.00 bits per heavy atom. The molecule has 1 saturated carbocycles. The Labute approximate surface area is 192 Å². The fourth-order valence-electron chi connectivity index (χ4n) is 3.37. The molecule has 1 amide bonds. The molecule has 2 heterocycles. The van der Waals surface area contributed by atoms with E-state index in [-0.39, 0.29) is 18.4 Å². The Hall–Kier alpha value is -2.52. The summed E-state index contributed by atoms with van der Waals surface area (Å²) in [5.41, 5.74) is 0.989. The number of hydrogen-bond donors (Lipinski definition) is 1. The highest BCUT2D eigenvalue weighted by Gasteiger charge is 2.38. The maximum Gasteiger partial charge on any atom is 0.435 e. The predicted molar refractivity (Wildman–Crippen MR) is 115 cm³/mol. The summed E-state index contributed by atoms with van der Waals surface area (Å²) in [7, 11) is 0. The van der Waals surface area contributed by atoms with Crippen LogP contribution >= 0.6 is 23.2 Å². The molecule has 1 unspecified atom stereocenters. The number of nitrogens with one attached hydrogen (secondary N) is 1. The third-order valence-electron chi connectivity index (χ3n) is 5.22. The third kappa shape index (κ3) is 5.27. The summed E-state index contributed by atoms with van der Waals surface area (Å²) in [4.78, 5) is 12.6. The number of carbonyl (C=O) groups excluding carboxylic acids is 1. The highest BCUT2D eigenvalue weighted by atomic mass is 35.5. The summed E-state index contributed by atoms with van der Waals surface area (Å²) in [6.45, 7) is 2.15. The lowest BCUT2D eigenvalue weighted by Gasteiger charge is -2.13. The van der Waals surface area contributed by atoms with Gasteiger partial charge >= 0.3 is 6.18 Å². The molecular formula is C21H20Cl2F3N5O. The number of rotatable bonds is 7. The molecule has 0 spiro atoms. The van der Waals surface area contributed by atoms with Crippen LogP contribution in [0.1, 0.15) is 42.6 Å². The molecule has 170 valence electrons. The van der Waals surface area contributed by atoms with Crippen LogP contribution in [0, 0.1) is 5.92 Å². The average molecular weight is 486 g/mol.